The molecule has 2 rings (SSSR count). The first kappa shape index (κ1) is 9.84. The molecule has 0 N–H and O–H groups in total. The molecule has 0 atom stereocenters. The van der Waals surface area contributed by atoms with Gasteiger partial charge in [0.25, 0.3) is 0 Å². The number of hydrogen-bond acceptors (Lipinski definition) is 2. The van der Waals surface area contributed by atoms with E-state index in [1.165, 1.54) is 5.56 Å². The first-order valence-corrected chi connectivity index (χ1v) is 5.35. The van der Waals surface area contributed by atoms with Gasteiger partial charge in [-0.2, -0.15) is 0 Å². The SMILES string of the molecule is COc1ccc2c(c1Br)OCC2(C)C. The van der Waals surface area contributed by atoms with Crippen molar-refractivity contribution in [3.05, 3.63) is 22.2 Å². The summed E-state index contributed by atoms with van der Waals surface area (Å²) in [4.78, 5) is 0. The molecule has 0 spiro atoms. The van der Waals surface area contributed by atoms with E-state index in [9.17, 15) is 0 Å². The standard InChI is InChI=1S/C11H13BrO2/c1-11(2)6-14-10-7(11)4-5-8(13-3)9(10)12/h4-5H,6H2,1-3H3. The maximum atomic E-state index is 5.66. The van der Waals surface area contributed by atoms with Crippen LogP contribution in [0, 0.1) is 0 Å². The average molecular weight is 257 g/mol. The monoisotopic (exact) mass is 256 g/mol. The van der Waals surface area contributed by atoms with Crippen molar-refractivity contribution in [2.24, 2.45) is 0 Å². The smallest absolute Gasteiger partial charge is 0.141 e. The largest absolute Gasteiger partial charge is 0.495 e. The van der Waals surface area contributed by atoms with Crippen LogP contribution in [0.25, 0.3) is 0 Å². The van der Waals surface area contributed by atoms with Crippen LogP contribution in [0.3, 0.4) is 0 Å². The zero-order valence-corrected chi connectivity index (χ0v) is 10.1. The Morgan fingerprint density at radius 2 is 2.14 bits per heavy atom. The normalized spacial score (nSPS) is 17.4. The Kier molecular flexibility index (Phi) is 2.22. The summed E-state index contributed by atoms with van der Waals surface area (Å²) in [6.07, 6.45) is 0. The van der Waals surface area contributed by atoms with Gasteiger partial charge < -0.3 is 9.47 Å². The number of rotatable bonds is 1. The molecule has 0 amide bonds. The molecule has 0 radical (unpaired) electrons. The van der Waals surface area contributed by atoms with Crippen molar-refractivity contribution in [2.75, 3.05) is 13.7 Å². The molecule has 1 aliphatic heterocycles. The van der Waals surface area contributed by atoms with Gasteiger partial charge in [-0.1, -0.05) is 19.9 Å². The topological polar surface area (TPSA) is 18.5 Å². The van der Waals surface area contributed by atoms with E-state index < -0.39 is 0 Å². The molecule has 0 fully saturated rings. The van der Waals surface area contributed by atoms with Gasteiger partial charge >= 0.3 is 0 Å². The molecular weight excluding hydrogens is 244 g/mol. The molecule has 76 valence electrons. The molecule has 3 heteroatoms. The van der Waals surface area contributed by atoms with E-state index in [0.717, 1.165) is 22.6 Å². The van der Waals surface area contributed by atoms with Crippen LogP contribution >= 0.6 is 15.9 Å². The highest BCUT2D eigenvalue weighted by molar-refractivity contribution is 9.10. The summed E-state index contributed by atoms with van der Waals surface area (Å²) in [5.74, 6) is 1.75. The molecule has 1 aliphatic rings. The van der Waals surface area contributed by atoms with Crippen LogP contribution in [0.4, 0.5) is 0 Å². The van der Waals surface area contributed by atoms with Gasteiger partial charge in [0.15, 0.2) is 0 Å². The second-order valence-electron chi connectivity index (χ2n) is 4.13. The Morgan fingerprint density at radius 3 is 2.79 bits per heavy atom. The summed E-state index contributed by atoms with van der Waals surface area (Å²) < 4.78 is 11.8. The van der Waals surface area contributed by atoms with Crippen molar-refractivity contribution in [2.45, 2.75) is 19.3 Å². The quantitative estimate of drug-likeness (QED) is 0.769. The number of methoxy groups -OCH3 is 1. The van der Waals surface area contributed by atoms with Crippen LogP contribution in [0.2, 0.25) is 0 Å². The van der Waals surface area contributed by atoms with Crippen LogP contribution in [0.1, 0.15) is 19.4 Å². The fraction of sp³-hybridized carbons (Fsp3) is 0.455. The minimum atomic E-state index is 0.101. The van der Waals surface area contributed by atoms with Gasteiger partial charge in [0.2, 0.25) is 0 Å². The first-order valence-electron chi connectivity index (χ1n) is 4.56. The number of benzene rings is 1. The van der Waals surface area contributed by atoms with E-state index in [4.69, 9.17) is 9.47 Å². The minimum Gasteiger partial charge on any atom is -0.495 e. The lowest BCUT2D eigenvalue weighted by Crippen LogP contribution is -2.18. The maximum absolute atomic E-state index is 5.66. The lowest BCUT2D eigenvalue weighted by molar-refractivity contribution is 0.289. The van der Waals surface area contributed by atoms with Crippen molar-refractivity contribution in [3.8, 4) is 11.5 Å². The number of fused-ring (bicyclic) bond motifs is 1. The predicted octanol–water partition coefficient (Wildman–Crippen LogP) is 3.13. The van der Waals surface area contributed by atoms with Gasteiger partial charge in [0, 0.05) is 11.0 Å². The molecule has 14 heavy (non-hydrogen) atoms. The summed E-state index contributed by atoms with van der Waals surface area (Å²) in [5.41, 5.74) is 1.34. The molecule has 0 aliphatic carbocycles. The summed E-state index contributed by atoms with van der Waals surface area (Å²) in [6.45, 7) is 5.09. The second kappa shape index (κ2) is 3.16. The van der Waals surface area contributed by atoms with E-state index in [-0.39, 0.29) is 5.41 Å². The molecular formula is C11H13BrO2. The molecule has 0 saturated heterocycles. The molecule has 0 bridgehead atoms. The van der Waals surface area contributed by atoms with Crippen LogP contribution in [0.15, 0.2) is 16.6 Å². The predicted molar refractivity (Wildman–Crippen MR) is 59.2 cm³/mol. The van der Waals surface area contributed by atoms with E-state index in [0.29, 0.717) is 0 Å². The van der Waals surface area contributed by atoms with Crippen molar-refractivity contribution < 1.29 is 9.47 Å². The molecule has 1 aromatic carbocycles. The van der Waals surface area contributed by atoms with Crippen molar-refractivity contribution in [3.63, 3.8) is 0 Å². The van der Waals surface area contributed by atoms with E-state index in [1.54, 1.807) is 7.11 Å². The van der Waals surface area contributed by atoms with Crippen molar-refractivity contribution in [1.29, 1.82) is 0 Å². The van der Waals surface area contributed by atoms with Crippen LogP contribution in [0.5, 0.6) is 11.5 Å². The van der Waals surface area contributed by atoms with Gasteiger partial charge in [-0.25, -0.2) is 0 Å². The zero-order chi connectivity index (χ0) is 10.3. The lowest BCUT2D eigenvalue weighted by atomic mass is 9.87. The Morgan fingerprint density at radius 1 is 1.43 bits per heavy atom. The number of halogens is 1. The third-order valence-corrected chi connectivity index (χ3v) is 3.34. The fourth-order valence-electron chi connectivity index (χ4n) is 1.70. The highest BCUT2D eigenvalue weighted by Gasteiger charge is 2.33. The first-order chi connectivity index (χ1) is 6.56. The Labute approximate surface area is 92.3 Å². The third kappa shape index (κ3) is 1.31. The average Bonchev–Trinajstić information content (AvgIpc) is 2.44. The Balaban J connectivity index is 2.58. The minimum absolute atomic E-state index is 0.101. The maximum Gasteiger partial charge on any atom is 0.141 e. The van der Waals surface area contributed by atoms with Crippen molar-refractivity contribution >= 4 is 15.9 Å². The van der Waals surface area contributed by atoms with Gasteiger partial charge in [-0.15, -0.1) is 0 Å². The molecule has 0 unspecified atom stereocenters. The van der Waals surface area contributed by atoms with Crippen LogP contribution in [-0.4, -0.2) is 13.7 Å². The molecule has 2 nitrogen and oxygen atoms in total. The summed E-state index contributed by atoms with van der Waals surface area (Å²) >= 11 is 3.49. The van der Waals surface area contributed by atoms with E-state index >= 15 is 0 Å². The summed E-state index contributed by atoms with van der Waals surface area (Å²) in [7, 11) is 1.66. The Hall–Kier alpha value is -0.700. The van der Waals surface area contributed by atoms with Gasteiger partial charge in [-0.05, 0) is 22.0 Å². The summed E-state index contributed by atoms with van der Waals surface area (Å²) in [6, 6.07) is 4.05. The molecule has 0 saturated carbocycles. The van der Waals surface area contributed by atoms with Crippen LogP contribution in [-0.2, 0) is 5.41 Å². The number of ether oxygens (including phenoxy) is 2. The Bertz CT molecular complexity index is 372. The lowest BCUT2D eigenvalue weighted by Gasteiger charge is -2.15. The third-order valence-electron chi connectivity index (χ3n) is 2.59. The highest BCUT2D eigenvalue weighted by atomic mass is 79.9. The second-order valence-corrected chi connectivity index (χ2v) is 4.92. The fourth-order valence-corrected chi connectivity index (χ4v) is 2.32. The van der Waals surface area contributed by atoms with E-state index in [2.05, 4.69) is 35.8 Å². The van der Waals surface area contributed by atoms with Crippen LogP contribution < -0.4 is 9.47 Å². The van der Waals surface area contributed by atoms with Crippen molar-refractivity contribution in [1.82, 2.24) is 0 Å². The zero-order valence-electron chi connectivity index (χ0n) is 8.56. The molecule has 1 aromatic rings. The van der Waals surface area contributed by atoms with Gasteiger partial charge in [0.05, 0.1) is 13.7 Å². The van der Waals surface area contributed by atoms with E-state index in [1.807, 2.05) is 6.07 Å². The number of hydrogen-bond donors (Lipinski definition) is 0. The molecule has 1 heterocycles. The van der Waals surface area contributed by atoms with Gasteiger partial charge in [-0.3, -0.25) is 0 Å². The molecule has 0 aromatic heterocycles. The highest BCUT2D eigenvalue weighted by Crippen LogP contribution is 2.46. The summed E-state index contributed by atoms with van der Waals surface area (Å²) in [5, 5.41) is 0. The van der Waals surface area contributed by atoms with Gasteiger partial charge in [0.1, 0.15) is 16.0 Å².